The van der Waals surface area contributed by atoms with E-state index in [0.717, 1.165) is 0 Å². The summed E-state index contributed by atoms with van der Waals surface area (Å²) in [7, 11) is 1.60. The summed E-state index contributed by atoms with van der Waals surface area (Å²) < 4.78 is 4.89. The average Bonchev–Trinajstić information content (AvgIpc) is 2.05. The molecule has 12 heavy (non-hydrogen) atoms. The molecule has 0 aliphatic carbocycles. The third-order valence-electron chi connectivity index (χ3n) is 1.57. The molecule has 0 aliphatic heterocycles. The summed E-state index contributed by atoms with van der Waals surface area (Å²) in [5.74, 6) is 0. The first kappa shape index (κ1) is 8.96. The number of hydrogen-bond donors (Lipinski definition) is 2. The number of ether oxygens (including phenoxy) is 1. The molecule has 0 unspecified atom stereocenters. The van der Waals surface area contributed by atoms with Crippen LogP contribution in [0.15, 0.2) is 18.3 Å². The van der Waals surface area contributed by atoms with Gasteiger partial charge in [-0.3, -0.25) is 4.98 Å². The minimum Gasteiger partial charge on any atom is -0.397 e. The van der Waals surface area contributed by atoms with Gasteiger partial charge in [0.1, 0.15) is 0 Å². The highest BCUT2D eigenvalue weighted by atomic mass is 16.5. The lowest BCUT2D eigenvalue weighted by atomic mass is 10.2. The molecule has 0 spiro atoms. The second kappa shape index (κ2) is 4.04. The third-order valence-corrected chi connectivity index (χ3v) is 1.57. The second-order valence-corrected chi connectivity index (χ2v) is 2.54. The number of hydrogen-bond acceptors (Lipinski definition) is 4. The maximum Gasteiger partial charge on any atom is 0.0823 e. The highest BCUT2D eigenvalue weighted by Crippen LogP contribution is 2.14. The van der Waals surface area contributed by atoms with Gasteiger partial charge in [-0.15, -0.1) is 0 Å². The van der Waals surface area contributed by atoms with Crippen LogP contribution in [-0.2, 0) is 4.74 Å². The highest BCUT2D eigenvalue weighted by Gasteiger charge is 2.09. The third kappa shape index (κ3) is 1.93. The van der Waals surface area contributed by atoms with Crippen LogP contribution in [0.1, 0.15) is 11.7 Å². The van der Waals surface area contributed by atoms with Gasteiger partial charge < -0.3 is 16.2 Å². The Labute approximate surface area is 71.5 Å². The van der Waals surface area contributed by atoms with Crippen LogP contribution in [0, 0.1) is 0 Å². The van der Waals surface area contributed by atoms with Crippen molar-refractivity contribution in [1.29, 1.82) is 0 Å². The van der Waals surface area contributed by atoms with Gasteiger partial charge in [0, 0.05) is 13.3 Å². The maximum atomic E-state index is 5.74. The average molecular weight is 167 g/mol. The molecular weight excluding hydrogens is 154 g/mol. The van der Waals surface area contributed by atoms with Crippen molar-refractivity contribution in [1.82, 2.24) is 4.98 Å². The summed E-state index contributed by atoms with van der Waals surface area (Å²) >= 11 is 0. The van der Waals surface area contributed by atoms with E-state index in [2.05, 4.69) is 4.98 Å². The molecule has 0 aliphatic rings. The number of methoxy groups -OCH3 is 1. The minimum absolute atomic E-state index is 0.240. The molecule has 4 N–H and O–H groups in total. The van der Waals surface area contributed by atoms with E-state index < -0.39 is 0 Å². The SMILES string of the molecule is COC[C@@H](N)c1ncccc1N. The molecule has 0 amide bonds. The lowest BCUT2D eigenvalue weighted by Crippen LogP contribution is -2.18. The molecule has 1 rings (SSSR count). The summed E-state index contributed by atoms with van der Waals surface area (Å²) in [6, 6.07) is 3.31. The molecular formula is C8H13N3O. The lowest BCUT2D eigenvalue weighted by Gasteiger charge is -2.11. The number of aromatic nitrogens is 1. The normalized spacial score (nSPS) is 12.8. The van der Waals surface area contributed by atoms with E-state index >= 15 is 0 Å². The summed E-state index contributed by atoms with van der Waals surface area (Å²) in [6.45, 7) is 0.432. The van der Waals surface area contributed by atoms with Crippen LogP contribution in [0.5, 0.6) is 0 Å². The fourth-order valence-electron chi connectivity index (χ4n) is 0.998. The van der Waals surface area contributed by atoms with E-state index in [1.807, 2.05) is 0 Å². The van der Waals surface area contributed by atoms with E-state index in [0.29, 0.717) is 18.0 Å². The summed E-state index contributed by atoms with van der Waals surface area (Å²) in [6.07, 6.45) is 1.67. The van der Waals surface area contributed by atoms with Crippen molar-refractivity contribution in [2.24, 2.45) is 5.73 Å². The largest absolute Gasteiger partial charge is 0.397 e. The van der Waals surface area contributed by atoms with Gasteiger partial charge in [-0.25, -0.2) is 0 Å². The molecule has 4 heteroatoms. The number of rotatable bonds is 3. The maximum absolute atomic E-state index is 5.74. The summed E-state index contributed by atoms with van der Waals surface area (Å²) in [5.41, 5.74) is 12.7. The van der Waals surface area contributed by atoms with Crippen LogP contribution >= 0.6 is 0 Å². The van der Waals surface area contributed by atoms with Gasteiger partial charge >= 0.3 is 0 Å². The second-order valence-electron chi connectivity index (χ2n) is 2.54. The van der Waals surface area contributed by atoms with Crippen molar-refractivity contribution in [3.05, 3.63) is 24.0 Å². The van der Waals surface area contributed by atoms with Crippen molar-refractivity contribution in [2.75, 3.05) is 19.5 Å². The predicted octanol–water partition coefficient (Wildman–Crippen LogP) is 0.310. The summed E-state index contributed by atoms with van der Waals surface area (Å²) in [4.78, 5) is 4.07. The van der Waals surface area contributed by atoms with Gasteiger partial charge in [-0.1, -0.05) is 0 Å². The topological polar surface area (TPSA) is 74.2 Å². The number of anilines is 1. The molecule has 4 nitrogen and oxygen atoms in total. The molecule has 1 heterocycles. The Bertz CT molecular complexity index is 252. The molecule has 0 saturated heterocycles. The first-order valence-electron chi connectivity index (χ1n) is 3.70. The Morgan fingerprint density at radius 1 is 1.67 bits per heavy atom. The zero-order chi connectivity index (χ0) is 8.97. The number of pyridine rings is 1. The molecule has 1 atom stereocenters. The van der Waals surface area contributed by atoms with E-state index in [1.165, 1.54) is 0 Å². The van der Waals surface area contributed by atoms with Crippen LogP contribution in [0.25, 0.3) is 0 Å². The van der Waals surface area contributed by atoms with Crippen molar-refractivity contribution in [3.8, 4) is 0 Å². The Balaban J connectivity index is 2.79. The first-order valence-corrected chi connectivity index (χ1v) is 3.70. The molecule has 66 valence electrons. The smallest absolute Gasteiger partial charge is 0.0823 e. The lowest BCUT2D eigenvalue weighted by molar-refractivity contribution is 0.180. The molecule has 1 aromatic heterocycles. The Morgan fingerprint density at radius 2 is 2.42 bits per heavy atom. The van der Waals surface area contributed by atoms with Gasteiger partial charge in [-0.05, 0) is 12.1 Å². The predicted molar refractivity (Wildman–Crippen MR) is 47.5 cm³/mol. The monoisotopic (exact) mass is 167 g/mol. The zero-order valence-corrected chi connectivity index (χ0v) is 7.03. The number of nitrogens with zero attached hydrogens (tertiary/aromatic N) is 1. The highest BCUT2D eigenvalue weighted by molar-refractivity contribution is 5.43. The van der Waals surface area contributed by atoms with E-state index in [1.54, 1.807) is 25.4 Å². The molecule has 0 aromatic carbocycles. The van der Waals surface area contributed by atoms with Crippen LogP contribution in [0.2, 0.25) is 0 Å². The van der Waals surface area contributed by atoms with Crippen LogP contribution in [0.3, 0.4) is 0 Å². The van der Waals surface area contributed by atoms with Crippen LogP contribution in [-0.4, -0.2) is 18.7 Å². The van der Waals surface area contributed by atoms with Crippen molar-refractivity contribution in [2.45, 2.75) is 6.04 Å². The fraction of sp³-hybridized carbons (Fsp3) is 0.375. The van der Waals surface area contributed by atoms with E-state index in [9.17, 15) is 0 Å². The van der Waals surface area contributed by atoms with E-state index in [-0.39, 0.29) is 6.04 Å². The molecule has 0 bridgehead atoms. The molecule has 0 radical (unpaired) electrons. The quantitative estimate of drug-likeness (QED) is 0.679. The van der Waals surface area contributed by atoms with Crippen molar-refractivity contribution >= 4 is 5.69 Å². The van der Waals surface area contributed by atoms with Crippen molar-refractivity contribution < 1.29 is 4.74 Å². The molecule has 0 fully saturated rings. The zero-order valence-electron chi connectivity index (χ0n) is 7.03. The number of nitrogen functional groups attached to an aromatic ring is 1. The summed E-state index contributed by atoms with van der Waals surface area (Å²) in [5, 5.41) is 0. The van der Waals surface area contributed by atoms with Gasteiger partial charge in [-0.2, -0.15) is 0 Å². The van der Waals surface area contributed by atoms with Crippen LogP contribution in [0.4, 0.5) is 5.69 Å². The minimum atomic E-state index is -0.240. The van der Waals surface area contributed by atoms with Gasteiger partial charge in [0.15, 0.2) is 0 Å². The first-order chi connectivity index (χ1) is 5.75. The molecule has 1 aromatic rings. The van der Waals surface area contributed by atoms with E-state index in [4.69, 9.17) is 16.2 Å². The van der Waals surface area contributed by atoms with Crippen LogP contribution < -0.4 is 11.5 Å². The Kier molecular flexibility index (Phi) is 3.01. The molecule has 0 saturated carbocycles. The van der Waals surface area contributed by atoms with Gasteiger partial charge in [0.2, 0.25) is 0 Å². The Hall–Kier alpha value is -1.13. The van der Waals surface area contributed by atoms with Crippen molar-refractivity contribution in [3.63, 3.8) is 0 Å². The van der Waals surface area contributed by atoms with Gasteiger partial charge in [0.05, 0.1) is 24.0 Å². The fourth-order valence-corrected chi connectivity index (χ4v) is 0.998. The van der Waals surface area contributed by atoms with Gasteiger partial charge in [0.25, 0.3) is 0 Å². The number of nitrogens with two attached hydrogens (primary N) is 2. The Morgan fingerprint density at radius 3 is 3.00 bits per heavy atom. The standard InChI is InChI=1S/C8H13N3O/c1-12-5-7(10)8-6(9)3-2-4-11-8/h2-4,7H,5,9-10H2,1H3/t7-/m1/s1.